The van der Waals surface area contributed by atoms with E-state index in [-0.39, 0.29) is 38.4 Å². The standard InChI is InChI=1S/C18H13Cl3N6O2/c1-24-17(28)10-5-9(8-22)6-12(20)15(10)27-18(29)13(7-14(21)23)26-16-11(19)3-2-4-25-16/h2-7,23H,1H3,(H,24,28)(H,25,26)(H,27,29)/b13-7-,23-14?. The van der Waals surface area contributed by atoms with Crippen LogP contribution in [-0.4, -0.2) is 29.0 Å². The second-order valence-corrected chi connectivity index (χ2v) is 6.61. The van der Waals surface area contributed by atoms with Crippen LogP contribution in [0.2, 0.25) is 10.0 Å². The van der Waals surface area contributed by atoms with Gasteiger partial charge in [0.2, 0.25) is 0 Å². The maximum absolute atomic E-state index is 12.8. The van der Waals surface area contributed by atoms with Crippen molar-refractivity contribution < 1.29 is 9.59 Å². The number of nitrogens with one attached hydrogen (secondary N) is 4. The van der Waals surface area contributed by atoms with Crippen LogP contribution in [0, 0.1) is 16.7 Å². The molecule has 11 heteroatoms. The van der Waals surface area contributed by atoms with E-state index in [0.29, 0.717) is 0 Å². The van der Waals surface area contributed by atoms with Crippen LogP contribution < -0.4 is 16.0 Å². The largest absolute Gasteiger partial charge is 0.355 e. The normalized spacial score (nSPS) is 10.7. The van der Waals surface area contributed by atoms with E-state index in [0.717, 1.165) is 6.08 Å². The van der Waals surface area contributed by atoms with Crippen molar-refractivity contribution in [1.82, 2.24) is 10.3 Å². The van der Waals surface area contributed by atoms with E-state index in [9.17, 15) is 9.59 Å². The molecule has 2 amide bonds. The van der Waals surface area contributed by atoms with Crippen molar-refractivity contribution in [2.45, 2.75) is 0 Å². The van der Waals surface area contributed by atoms with Gasteiger partial charge in [-0.25, -0.2) is 4.98 Å². The van der Waals surface area contributed by atoms with Gasteiger partial charge in [-0.15, -0.1) is 0 Å². The summed E-state index contributed by atoms with van der Waals surface area (Å²) < 4.78 is 0. The van der Waals surface area contributed by atoms with Gasteiger partial charge >= 0.3 is 0 Å². The molecule has 8 nitrogen and oxygen atoms in total. The molecular formula is C18H13Cl3N6O2. The number of anilines is 2. The molecule has 1 aromatic carbocycles. The van der Waals surface area contributed by atoms with Crippen LogP contribution in [0.3, 0.4) is 0 Å². The fourth-order valence-electron chi connectivity index (χ4n) is 2.18. The summed E-state index contributed by atoms with van der Waals surface area (Å²) in [6.45, 7) is 0. The topological polar surface area (TPSA) is 131 Å². The Balaban J connectivity index is 2.44. The molecule has 0 atom stereocenters. The van der Waals surface area contributed by atoms with E-state index in [2.05, 4.69) is 20.9 Å². The van der Waals surface area contributed by atoms with Crippen molar-refractivity contribution in [2.24, 2.45) is 0 Å². The fraction of sp³-hybridized carbons (Fsp3) is 0.0556. The van der Waals surface area contributed by atoms with Crippen molar-refractivity contribution in [2.75, 3.05) is 17.7 Å². The lowest BCUT2D eigenvalue weighted by molar-refractivity contribution is -0.112. The summed E-state index contributed by atoms with van der Waals surface area (Å²) in [5.41, 5.74) is -0.0609. The van der Waals surface area contributed by atoms with E-state index in [4.69, 9.17) is 45.5 Å². The Kier molecular flexibility index (Phi) is 7.56. The number of hydrogen-bond acceptors (Lipinski definition) is 6. The van der Waals surface area contributed by atoms with Gasteiger partial charge in [0, 0.05) is 19.3 Å². The number of allylic oxidation sites excluding steroid dienone is 1. The zero-order valence-corrected chi connectivity index (χ0v) is 17.1. The maximum atomic E-state index is 12.8. The monoisotopic (exact) mass is 450 g/mol. The fourth-order valence-corrected chi connectivity index (χ4v) is 2.73. The highest BCUT2D eigenvalue weighted by Gasteiger charge is 2.20. The zero-order chi connectivity index (χ0) is 21.6. The summed E-state index contributed by atoms with van der Waals surface area (Å²) in [6, 6.07) is 7.64. The van der Waals surface area contributed by atoms with Crippen LogP contribution in [0.25, 0.3) is 0 Å². The number of hydrogen-bond donors (Lipinski definition) is 4. The van der Waals surface area contributed by atoms with Gasteiger partial charge in [-0.3, -0.25) is 15.0 Å². The molecule has 0 saturated carbocycles. The third-order valence-electron chi connectivity index (χ3n) is 3.46. The molecule has 29 heavy (non-hydrogen) atoms. The molecule has 0 unspecified atom stereocenters. The molecule has 2 aromatic rings. The SMILES string of the molecule is CNC(=O)c1cc(C#N)cc(Cl)c1NC(=O)/C(=C/C(=N)Cl)Nc1ncccc1Cl. The van der Waals surface area contributed by atoms with Crippen molar-refractivity contribution in [3.63, 3.8) is 0 Å². The number of nitriles is 1. The second-order valence-electron chi connectivity index (χ2n) is 5.39. The Bertz CT molecular complexity index is 1060. The van der Waals surface area contributed by atoms with Crippen molar-refractivity contribution in [3.8, 4) is 6.07 Å². The van der Waals surface area contributed by atoms with Gasteiger partial charge in [-0.2, -0.15) is 5.26 Å². The zero-order valence-electron chi connectivity index (χ0n) is 14.8. The van der Waals surface area contributed by atoms with Crippen LogP contribution in [0.5, 0.6) is 0 Å². The highest BCUT2D eigenvalue weighted by Crippen LogP contribution is 2.29. The summed E-state index contributed by atoms with van der Waals surface area (Å²) in [5, 5.41) is 23.9. The quantitative estimate of drug-likeness (QED) is 0.392. The molecule has 0 fully saturated rings. The second kappa shape index (κ2) is 9.89. The van der Waals surface area contributed by atoms with Crippen molar-refractivity contribution in [3.05, 3.63) is 63.4 Å². The number of nitrogens with zero attached hydrogens (tertiary/aromatic N) is 2. The first-order valence-corrected chi connectivity index (χ1v) is 9.00. The minimum absolute atomic E-state index is 0.0129. The first kappa shape index (κ1) is 22.2. The molecule has 148 valence electrons. The van der Waals surface area contributed by atoms with Gasteiger partial charge < -0.3 is 16.0 Å². The molecule has 0 saturated heterocycles. The maximum Gasteiger partial charge on any atom is 0.272 e. The number of halogens is 3. The van der Waals surface area contributed by atoms with Crippen LogP contribution in [0.1, 0.15) is 15.9 Å². The lowest BCUT2D eigenvalue weighted by Crippen LogP contribution is -2.25. The number of benzene rings is 1. The van der Waals surface area contributed by atoms with E-state index in [1.165, 1.54) is 25.4 Å². The van der Waals surface area contributed by atoms with E-state index >= 15 is 0 Å². The van der Waals surface area contributed by atoms with Crippen LogP contribution >= 0.6 is 34.8 Å². The molecule has 2 rings (SSSR count). The molecule has 1 heterocycles. The van der Waals surface area contributed by atoms with Gasteiger partial charge in [0.05, 0.1) is 32.9 Å². The van der Waals surface area contributed by atoms with Gasteiger partial charge in [-0.05, 0) is 24.3 Å². The van der Waals surface area contributed by atoms with Crippen molar-refractivity contribution >= 4 is 63.3 Å². The lowest BCUT2D eigenvalue weighted by Gasteiger charge is -2.15. The first-order valence-electron chi connectivity index (χ1n) is 7.87. The summed E-state index contributed by atoms with van der Waals surface area (Å²) in [6.07, 6.45) is 2.50. The number of aromatic nitrogens is 1. The Morgan fingerprint density at radius 2 is 1.97 bits per heavy atom. The van der Waals surface area contributed by atoms with Gasteiger partial charge in [-0.1, -0.05) is 34.8 Å². The van der Waals surface area contributed by atoms with E-state index in [1.807, 2.05) is 6.07 Å². The summed E-state index contributed by atoms with van der Waals surface area (Å²) >= 11 is 17.8. The van der Waals surface area contributed by atoms with Gasteiger partial charge in [0.25, 0.3) is 11.8 Å². The van der Waals surface area contributed by atoms with Crippen LogP contribution in [0.15, 0.2) is 42.2 Å². The predicted molar refractivity (Wildman–Crippen MR) is 113 cm³/mol. The minimum Gasteiger partial charge on any atom is -0.355 e. The number of pyridine rings is 1. The Morgan fingerprint density at radius 1 is 1.24 bits per heavy atom. The molecule has 4 N–H and O–H groups in total. The molecule has 0 aliphatic rings. The predicted octanol–water partition coefficient (Wildman–Crippen LogP) is 3.77. The smallest absolute Gasteiger partial charge is 0.272 e. The van der Waals surface area contributed by atoms with Gasteiger partial charge in [0.15, 0.2) is 0 Å². The first-order chi connectivity index (χ1) is 13.8. The van der Waals surface area contributed by atoms with E-state index in [1.54, 1.807) is 12.1 Å². The Morgan fingerprint density at radius 3 is 2.55 bits per heavy atom. The summed E-state index contributed by atoms with van der Waals surface area (Å²) in [7, 11) is 1.39. The van der Waals surface area contributed by atoms with Crippen LogP contribution in [-0.2, 0) is 4.79 Å². The molecule has 0 bridgehead atoms. The highest BCUT2D eigenvalue weighted by molar-refractivity contribution is 6.67. The minimum atomic E-state index is -0.770. The lowest BCUT2D eigenvalue weighted by atomic mass is 10.1. The number of amides is 2. The number of carbonyl (C=O) groups excluding carboxylic acids is 2. The third-order valence-corrected chi connectivity index (χ3v) is 4.17. The molecule has 0 aliphatic carbocycles. The average Bonchev–Trinajstić information content (AvgIpc) is 2.69. The summed E-state index contributed by atoms with van der Waals surface area (Å²) in [5.74, 6) is -1.17. The highest BCUT2D eigenvalue weighted by atomic mass is 35.5. The molecule has 0 aliphatic heterocycles. The average molecular weight is 452 g/mol. The third kappa shape index (κ3) is 5.68. The van der Waals surface area contributed by atoms with Crippen molar-refractivity contribution in [1.29, 1.82) is 10.7 Å². The number of rotatable bonds is 6. The van der Waals surface area contributed by atoms with Crippen LogP contribution in [0.4, 0.5) is 11.5 Å². The van der Waals surface area contributed by atoms with E-state index < -0.39 is 17.0 Å². The molecular weight excluding hydrogens is 439 g/mol. The molecule has 0 spiro atoms. The van der Waals surface area contributed by atoms with Gasteiger partial charge in [0.1, 0.15) is 16.7 Å². The molecule has 1 aromatic heterocycles. The molecule has 0 radical (unpaired) electrons. The number of carbonyl (C=O) groups is 2. The Hall–Kier alpha value is -3.12. The Labute approximate surface area is 181 Å². The summed E-state index contributed by atoms with van der Waals surface area (Å²) in [4.78, 5) is 29.0.